The summed E-state index contributed by atoms with van der Waals surface area (Å²) < 4.78 is 34.1. The molecule has 2 rings (SSSR count). The van der Waals surface area contributed by atoms with Crippen LogP contribution in [0.25, 0.3) is 0 Å². The van der Waals surface area contributed by atoms with Crippen molar-refractivity contribution >= 4 is 7.60 Å². The second-order valence-electron chi connectivity index (χ2n) is 6.89. The number of nitrogens with zero attached hydrogens (tertiary/aromatic N) is 1. The molecular weight excluding hydrogens is 411 g/mol. The van der Waals surface area contributed by atoms with Crippen molar-refractivity contribution in [1.29, 1.82) is 0 Å². The van der Waals surface area contributed by atoms with Gasteiger partial charge in [0.1, 0.15) is 12.5 Å². The molecule has 1 aromatic carbocycles. The third-order valence-corrected chi connectivity index (χ3v) is 6.15. The van der Waals surface area contributed by atoms with Crippen molar-refractivity contribution in [3.05, 3.63) is 61.9 Å². The fraction of sp³-hybridized carbons (Fsp3) is 0.500. The molecule has 0 spiro atoms. The van der Waals surface area contributed by atoms with E-state index in [2.05, 4.69) is 4.98 Å². The lowest BCUT2D eigenvalue weighted by Crippen LogP contribution is -2.36. The molecule has 0 fully saturated rings. The number of aromatic nitrogens is 2. The van der Waals surface area contributed by atoms with E-state index >= 15 is 0 Å². The molecule has 0 saturated heterocycles. The third kappa shape index (κ3) is 5.92. The predicted molar refractivity (Wildman–Crippen MR) is 113 cm³/mol. The van der Waals surface area contributed by atoms with Gasteiger partial charge < -0.3 is 18.5 Å². The maximum Gasteiger partial charge on any atom is 0.367 e. The molecule has 166 valence electrons. The van der Waals surface area contributed by atoms with E-state index in [-0.39, 0.29) is 24.6 Å². The first-order valence-electron chi connectivity index (χ1n) is 9.60. The van der Waals surface area contributed by atoms with Gasteiger partial charge in [0.25, 0.3) is 5.56 Å². The van der Waals surface area contributed by atoms with Gasteiger partial charge in [-0.25, -0.2) is 4.79 Å². The Kier molecular flexibility index (Phi) is 8.61. The first-order valence-corrected chi connectivity index (χ1v) is 11.3. The van der Waals surface area contributed by atoms with E-state index in [9.17, 15) is 14.2 Å². The molecule has 1 N–H and O–H groups in total. The molecule has 0 atom stereocenters. The van der Waals surface area contributed by atoms with Gasteiger partial charge in [0.15, 0.2) is 6.35 Å². The zero-order chi connectivity index (χ0) is 22.3. The number of benzene rings is 1. The minimum Gasteiger partial charge on any atom is -0.481 e. The van der Waals surface area contributed by atoms with Gasteiger partial charge in [-0.3, -0.25) is 18.9 Å². The third-order valence-electron chi connectivity index (χ3n) is 4.59. The fourth-order valence-corrected chi connectivity index (χ4v) is 3.63. The minimum atomic E-state index is -3.27. The SMILES string of the molecule is CCOCn1c(Cc2ccc(OCP(=O)(OC)OC)cc2)c(C(C)C)c(=O)[nH]c1=O. The number of hydrogen-bond donors (Lipinski definition) is 1. The number of hydrogen-bond acceptors (Lipinski definition) is 7. The number of aromatic amines is 1. The molecule has 0 saturated carbocycles. The van der Waals surface area contributed by atoms with Crippen LogP contribution >= 0.6 is 7.60 Å². The zero-order valence-corrected chi connectivity index (χ0v) is 18.9. The van der Waals surface area contributed by atoms with Crippen LogP contribution in [0.5, 0.6) is 5.75 Å². The summed E-state index contributed by atoms with van der Waals surface area (Å²) in [5.74, 6) is 0.423. The van der Waals surface area contributed by atoms with E-state index < -0.39 is 13.3 Å². The minimum absolute atomic E-state index is 0.0612. The summed E-state index contributed by atoms with van der Waals surface area (Å²) in [7, 11) is -0.676. The average molecular weight is 440 g/mol. The van der Waals surface area contributed by atoms with Crippen LogP contribution in [0.3, 0.4) is 0 Å². The standard InChI is InChI=1S/C20H29N2O7P/c1-6-28-12-22-17(18(14(2)3)19(23)21-20(22)24)11-15-7-9-16(10-8-15)29-13-30(25,26-4)27-5/h7-10,14H,6,11-13H2,1-5H3,(H,21,23,24). The van der Waals surface area contributed by atoms with Crippen LogP contribution in [0, 0.1) is 0 Å². The molecule has 9 nitrogen and oxygen atoms in total. The first-order chi connectivity index (χ1) is 14.2. The Morgan fingerprint density at radius 2 is 1.73 bits per heavy atom. The molecular formula is C20H29N2O7P. The lowest BCUT2D eigenvalue weighted by Gasteiger charge is -2.18. The van der Waals surface area contributed by atoms with E-state index in [1.54, 1.807) is 12.1 Å². The molecule has 0 aliphatic carbocycles. The van der Waals surface area contributed by atoms with E-state index in [1.807, 2.05) is 32.9 Å². The van der Waals surface area contributed by atoms with Crippen LogP contribution in [0.2, 0.25) is 0 Å². The Morgan fingerprint density at radius 3 is 2.27 bits per heavy atom. The molecule has 1 aromatic heterocycles. The molecule has 1 heterocycles. The van der Waals surface area contributed by atoms with Crippen LogP contribution in [-0.4, -0.2) is 36.7 Å². The van der Waals surface area contributed by atoms with Gasteiger partial charge in [-0.2, -0.15) is 0 Å². The summed E-state index contributed by atoms with van der Waals surface area (Å²) in [6.07, 6.45) is 0.160. The number of rotatable bonds is 11. The summed E-state index contributed by atoms with van der Waals surface area (Å²) in [5.41, 5.74) is 1.16. The second kappa shape index (κ2) is 10.7. The quantitative estimate of drug-likeness (QED) is 0.535. The summed E-state index contributed by atoms with van der Waals surface area (Å²) in [6.45, 7) is 6.16. The van der Waals surface area contributed by atoms with Crippen LogP contribution in [0.1, 0.15) is 43.5 Å². The van der Waals surface area contributed by atoms with Gasteiger partial charge in [-0.1, -0.05) is 26.0 Å². The first kappa shape index (κ1) is 24.1. The van der Waals surface area contributed by atoms with Crippen LogP contribution in [-0.2, 0) is 31.5 Å². The Morgan fingerprint density at radius 1 is 1.10 bits per heavy atom. The monoisotopic (exact) mass is 440 g/mol. The molecule has 0 radical (unpaired) electrons. The normalized spacial score (nSPS) is 11.8. The average Bonchev–Trinajstić information content (AvgIpc) is 2.72. The largest absolute Gasteiger partial charge is 0.481 e. The van der Waals surface area contributed by atoms with Crippen molar-refractivity contribution in [3.8, 4) is 5.75 Å². The Balaban J connectivity index is 2.32. The Labute approximate surface area is 175 Å². The van der Waals surface area contributed by atoms with Crippen molar-refractivity contribution in [1.82, 2.24) is 9.55 Å². The molecule has 10 heteroatoms. The van der Waals surface area contributed by atoms with Gasteiger partial charge in [0.05, 0.1) is 0 Å². The molecule has 0 unspecified atom stereocenters. The van der Waals surface area contributed by atoms with Crippen LogP contribution in [0.15, 0.2) is 33.9 Å². The number of ether oxygens (including phenoxy) is 2. The maximum absolute atomic E-state index is 12.4. The number of H-pyrrole nitrogens is 1. The van der Waals surface area contributed by atoms with Crippen LogP contribution in [0.4, 0.5) is 0 Å². The number of nitrogens with one attached hydrogen (secondary N) is 1. The van der Waals surface area contributed by atoms with E-state index in [0.29, 0.717) is 30.0 Å². The van der Waals surface area contributed by atoms with E-state index in [1.165, 1.54) is 18.8 Å². The van der Waals surface area contributed by atoms with Gasteiger partial charge in [0, 0.05) is 38.5 Å². The summed E-state index contributed by atoms with van der Waals surface area (Å²) in [5, 5.41) is 0. The fourth-order valence-electron chi connectivity index (χ4n) is 2.97. The molecule has 0 amide bonds. The van der Waals surface area contributed by atoms with Crippen molar-refractivity contribution in [3.63, 3.8) is 0 Å². The maximum atomic E-state index is 12.4. The lowest BCUT2D eigenvalue weighted by molar-refractivity contribution is 0.0821. The van der Waals surface area contributed by atoms with Crippen molar-refractivity contribution in [2.24, 2.45) is 0 Å². The molecule has 0 aliphatic rings. The van der Waals surface area contributed by atoms with E-state index in [4.69, 9.17) is 18.5 Å². The summed E-state index contributed by atoms with van der Waals surface area (Å²) >= 11 is 0. The highest BCUT2D eigenvalue weighted by Crippen LogP contribution is 2.46. The van der Waals surface area contributed by atoms with Gasteiger partial charge in [0.2, 0.25) is 0 Å². The Hall–Kier alpha value is -2.19. The van der Waals surface area contributed by atoms with E-state index in [0.717, 1.165) is 5.56 Å². The zero-order valence-electron chi connectivity index (χ0n) is 18.0. The van der Waals surface area contributed by atoms with Gasteiger partial charge in [-0.15, -0.1) is 0 Å². The molecule has 0 bridgehead atoms. The van der Waals surface area contributed by atoms with Gasteiger partial charge in [-0.05, 0) is 30.5 Å². The molecule has 0 aliphatic heterocycles. The van der Waals surface area contributed by atoms with Crippen LogP contribution < -0.4 is 16.0 Å². The topological polar surface area (TPSA) is 109 Å². The van der Waals surface area contributed by atoms with Crippen molar-refractivity contribution < 1.29 is 23.1 Å². The molecule has 30 heavy (non-hydrogen) atoms. The smallest absolute Gasteiger partial charge is 0.367 e. The van der Waals surface area contributed by atoms with Crippen molar-refractivity contribution in [2.75, 3.05) is 27.2 Å². The summed E-state index contributed by atoms with van der Waals surface area (Å²) in [6, 6.07) is 7.08. The Bertz CT molecular complexity index is 988. The lowest BCUT2D eigenvalue weighted by atomic mass is 9.98. The second-order valence-corrected chi connectivity index (χ2v) is 9.10. The highest BCUT2D eigenvalue weighted by atomic mass is 31.2. The van der Waals surface area contributed by atoms with Crippen molar-refractivity contribution in [2.45, 2.75) is 39.8 Å². The summed E-state index contributed by atoms with van der Waals surface area (Å²) in [4.78, 5) is 27.2. The highest BCUT2D eigenvalue weighted by molar-refractivity contribution is 7.53. The van der Waals surface area contributed by atoms with Gasteiger partial charge >= 0.3 is 13.3 Å². The predicted octanol–water partition coefficient (Wildman–Crippen LogP) is 3.07. The highest BCUT2D eigenvalue weighted by Gasteiger charge is 2.22. The molecule has 2 aromatic rings.